The summed E-state index contributed by atoms with van der Waals surface area (Å²) in [6.45, 7) is 3.49. The SMILES string of the molecule is CCC(C)(CN)C(=O)NCc1ccccc1C(F)(F)F. The van der Waals surface area contributed by atoms with Gasteiger partial charge in [0.25, 0.3) is 0 Å². The van der Waals surface area contributed by atoms with Crippen molar-refractivity contribution in [3.63, 3.8) is 0 Å². The van der Waals surface area contributed by atoms with E-state index in [1.807, 2.05) is 6.92 Å². The number of benzene rings is 1. The fraction of sp³-hybridized carbons (Fsp3) is 0.500. The number of carbonyl (C=O) groups is 1. The van der Waals surface area contributed by atoms with Gasteiger partial charge in [-0.15, -0.1) is 0 Å². The van der Waals surface area contributed by atoms with Crippen LogP contribution in [0.4, 0.5) is 13.2 Å². The van der Waals surface area contributed by atoms with Crippen LogP contribution in [0.15, 0.2) is 24.3 Å². The fourth-order valence-corrected chi connectivity index (χ4v) is 1.74. The normalized spacial score (nSPS) is 14.7. The Balaban J connectivity index is 2.84. The molecule has 0 fully saturated rings. The van der Waals surface area contributed by atoms with E-state index in [-0.39, 0.29) is 24.6 Å². The maximum absolute atomic E-state index is 12.8. The number of rotatable bonds is 5. The Labute approximate surface area is 116 Å². The number of carbonyl (C=O) groups excluding carboxylic acids is 1. The Hall–Kier alpha value is -1.56. The molecule has 3 N–H and O–H groups in total. The third kappa shape index (κ3) is 3.72. The van der Waals surface area contributed by atoms with Gasteiger partial charge in [-0.05, 0) is 25.0 Å². The zero-order chi connectivity index (χ0) is 15.4. The molecule has 0 saturated heterocycles. The minimum Gasteiger partial charge on any atom is -0.351 e. The molecule has 0 aromatic heterocycles. The van der Waals surface area contributed by atoms with E-state index in [0.29, 0.717) is 6.42 Å². The van der Waals surface area contributed by atoms with Gasteiger partial charge in [0.1, 0.15) is 0 Å². The molecule has 1 rings (SSSR count). The molecule has 3 nitrogen and oxygen atoms in total. The second-order valence-electron chi connectivity index (χ2n) is 4.96. The summed E-state index contributed by atoms with van der Waals surface area (Å²) < 4.78 is 38.4. The lowest BCUT2D eigenvalue weighted by Crippen LogP contribution is -2.43. The maximum Gasteiger partial charge on any atom is 0.416 e. The Kier molecular flexibility index (Phi) is 5.16. The van der Waals surface area contributed by atoms with Crippen molar-refractivity contribution < 1.29 is 18.0 Å². The zero-order valence-electron chi connectivity index (χ0n) is 11.6. The standard InChI is InChI=1S/C14H19F3N2O/c1-3-13(2,9-18)12(20)19-8-10-6-4-5-7-11(10)14(15,16)17/h4-7H,3,8-9,18H2,1-2H3,(H,19,20). The number of halogens is 3. The third-order valence-corrected chi connectivity index (χ3v) is 3.54. The van der Waals surface area contributed by atoms with Crippen LogP contribution >= 0.6 is 0 Å². The van der Waals surface area contributed by atoms with Crippen LogP contribution in [0.5, 0.6) is 0 Å². The minimum absolute atomic E-state index is 0.0452. The molecule has 0 bridgehead atoms. The molecule has 0 aliphatic carbocycles. The predicted molar refractivity (Wildman–Crippen MR) is 70.7 cm³/mol. The number of hydrogen-bond donors (Lipinski definition) is 2. The highest BCUT2D eigenvalue weighted by atomic mass is 19.4. The molecule has 0 spiro atoms. The van der Waals surface area contributed by atoms with Gasteiger partial charge in [0, 0.05) is 13.1 Å². The lowest BCUT2D eigenvalue weighted by molar-refractivity contribution is -0.138. The minimum atomic E-state index is -4.43. The molecule has 0 heterocycles. The van der Waals surface area contributed by atoms with Crippen molar-refractivity contribution >= 4 is 5.91 Å². The van der Waals surface area contributed by atoms with E-state index in [0.717, 1.165) is 6.07 Å². The van der Waals surface area contributed by atoms with Gasteiger partial charge in [0.05, 0.1) is 11.0 Å². The first-order chi connectivity index (χ1) is 9.24. The maximum atomic E-state index is 12.8. The van der Waals surface area contributed by atoms with Gasteiger partial charge >= 0.3 is 6.18 Å². The van der Waals surface area contributed by atoms with Crippen LogP contribution in [0.25, 0.3) is 0 Å². The Morgan fingerprint density at radius 3 is 2.40 bits per heavy atom. The molecule has 1 aromatic rings. The van der Waals surface area contributed by atoms with Crippen molar-refractivity contribution in [1.29, 1.82) is 0 Å². The first-order valence-electron chi connectivity index (χ1n) is 6.38. The monoisotopic (exact) mass is 288 g/mol. The van der Waals surface area contributed by atoms with E-state index in [1.165, 1.54) is 18.2 Å². The van der Waals surface area contributed by atoms with Crippen LogP contribution < -0.4 is 11.1 Å². The van der Waals surface area contributed by atoms with Gasteiger partial charge in [-0.25, -0.2) is 0 Å². The largest absolute Gasteiger partial charge is 0.416 e. The molecule has 20 heavy (non-hydrogen) atoms. The smallest absolute Gasteiger partial charge is 0.351 e. The highest BCUT2D eigenvalue weighted by Gasteiger charge is 2.34. The van der Waals surface area contributed by atoms with Crippen LogP contribution in [0.2, 0.25) is 0 Å². The topological polar surface area (TPSA) is 55.1 Å². The third-order valence-electron chi connectivity index (χ3n) is 3.54. The highest BCUT2D eigenvalue weighted by Crippen LogP contribution is 2.31. The summed E-state index contributed by atoms with van der Waals surface area (Å²) >= 11 is 0. The first kappa shape index (κ1) is 16.5. The van der Waals surface area contributed by atoms with Crippen LogP contribution in [-0.4, -0.2) is 12.5 Å². The average molecular weight is 288 g/mol. The van der Waals surface area contributed by atoms with Gasteiger partial charge in [-0.3, -0.25) is 4.79 Å². The summed E-state index contributed by atoms with van der Waals surface area (Å²) in [4.78, 5) is 12.0. The van der Waals surface area contributed by atoms with E-state index < -0.39 is 17.2 Å². The summed E-state index contributed by atoms with van der Waals surface area (Å²) in [5, 5.41) is 2.53. The predicted octanol–water partition coefficient (Wildman–Crippen LogP) is 2.70. The van der Waals surface area contributed by atoms with Crippen molar-refractivity contribution in [3.05, 3.63) is 35.4 Å². The molecule has 1 aromatic carbocycles. The molecule has 0 radical (unpaired) electrons. The number of nitrogens with two attached hydrogens (primary N) is 1. The molecule has 0 aliphatic rings. The zero-order valence-corrected chi connectivity index (χ0v) is 11.6. The number of alkyl halides is 3. The van der Waals surface area contributed by atoms with Gasteiger partial charge in [0.15, 0.2) is 0 Å². The number of nitrogens with one attached hydrogen (secondary N) is 1. The second-order valence-corrected chi connectivity index (χ2v) is 4.96. The van der Waals surface area contributed by atoms with Crippen LogP contribution in [-0.2, 0) is 17.5 Å². The summed E-state index contributed by atoms with van der Waals surface area (Å²) in [5.74, 6) is -0.334. The molecular formula is C14H19F3N2O. The molecule has 1 amide bonds. The summed E-state index contributed by atoms with van der Waals surface area (Å²) in [6, 6.07) is 5.20. The lowest BCUT2D eigenvalue weighted by atomic mass is 9.86. The average Bonchev–Trinajstić information content (AvgIpc) is 2.43. The van der Waals surface area contributed by atoms with E-state index in [9.17, 15) is 18.0 Å². The van der Waals surface area contributed by atoms with Gasteiger partial charge in [-0.1, -0.05) is 25.1 Å². The highest BCUT2D eigenvalue weighted by molar-refractivity contribution is 5.82. The quantitative estimate of drug-likeness (QED) is 0.875. The van der Waals surface area contributed by atoms with Crippen LogP contribution in [0.3, 0.4) is 0 Å². The molecule has 1 unspecified atom stereocenters. The Morgan fingerprint density at radius 2 is 1.90 bits per heavy atom. The second kappa shape index (κ2) is 6.26. The molecule has 6 heteroatoms. The van der Waals surface area contributed by atoms with Gasteiger partial charge in [0.2, 0.25) is 5.91 Å². The molecule has 112 valence electrons. The molecular weight excluding hydrogens is 269 g/mol. The number of hydrogen-bond acceptors (Lipinski definition) is 2. The van der Waals surface area contributed by atoms with Crippen molar-refractivity contribution in [3.8, 4) is 0 Å². The van der Waals surface area contributed by atoms with Crippen LogP contribution in [0.1, 0.15) is 31.4 Å². The summed E-state index contributed by atoms with van der Waals surface area (Å²) in [7, 11) is 0. The van der Waals surface area contributed by atoms with Crippen LogP contribution in [0, 0.1) is 5.41 Å². The van der Waals surface area contributed by atoms with Gasteiger partial charge < -0.3 is 11.1 Å². The summed E-state index contributed by atoms with van der Waals surface area (Å²) in [5.41, 5.74) is 4.10. The van der Waals surface area contributed by atoms with Crippen molar-refractivity contribution in [1.82, 2.24) is 5.32 Å². The van der Waals surface area contributed by atoms with E-state index >= 15 is 0 Å². The molecule has 1 atom stereocenters. The van der Waals surface area contributed by atoms with Crippen molar-refractivity contribution in [2.24, 2.45) is 11.1 Å². The fourth-order valence-electron chi connectivity index (χ4n) is 1.74. The Morgan fingerprint density at radius 1 is 1.30 bits per heavy atom. The Bertz CT molecular complexity index is 468. The first-order valence-corrected chi connectivity index (χ1v) is 6.38. The van der Waals surface area contributed by atoms with E-state index in [4.69, 9.17) is 5.73 Å². The number of amides is 1. The summed E-state index contributed by atoms with van der Waals surface area (Å²) in [6.07, 6.45) is -3.90. The molecule has 0 saturated carbocycles. The van der Waals surface area contributed by atoms with E-state index in [2.05, 4.69) is 5.32 Å². The van der Waals surface area contributed by atoms with Crippen molar-refractivity contribution in [2.45, 2.75) is 33.0 Å². The molecule has 0 aliphatic heterocycles. The lowest BCUT2D eigenvalue weighted by Gasteiger charge is -2.25. The van der Waals surface area contributed by atoms with Gasteiger partial charge in [-0.2, -0.15) is 13.2 Å². The van der Waals surface area contributed by atoms with Crippen molar-refractivity contribution in [2.75, 3.05) is 6.54 Å². The van der Waals surface area contributed by atoms with E-state index in [1.54, 1.807) is 6.92 Å².